The number of anilines is 1. The first-order chi connectivity index (χ1) is 13.1. The van der Waals surface area contributed by atoms with Crippen LogP contribution in [0.1, 0.15) is 47.1 Å². The summed E-state index contributed by atoms with van der Waals surface area (Å²) in [6, 6.07) is 8.87. The number of rotatable bonds is 4. The van der Waals surface area contributed by atoms with Gasteiger partial charge in [0, 0.05) is 0 Å². The number of nitrogens with zero attached hydrogens (tertiary/aromatic N) is 3. The van der Waals surface area contributed by atoms with Gasteiger partial charge in [-0.15, -0.1) is 0 Å². The Labute approximate surface area is 166 Å². The van der Waals surface area contributed by atoms with Crippen LogP contribution in [0.2, 0.25) is 5.15 Å². The molecule has 1 unspecified atom stereocenters. The van der Waals surface area contributed by atoms with E-state index in [1.165, 1.54) is 0 Å². The molecule has 2 aromatic rings. The van der Waals surface area contributed by atoms with Crippen molar-refractivity contribution in [1.82, 2.24) is 9.88 Å². The van der Waals surface area contributed by atoms with Gasteiger partial charge in [-0.25, -0.2) is 9.37 Å². The highest BCUT2D eigenvalue weighted by atomic mass is 35.5. The number of carbonyl (C=O) groups excluding carboxylic acids is 2. The van der Waals surface area contributed by atoms with Crippen molar-refractivity contribution in [2.45, 2.75) is 26.8 Å². The highest BCUT2D eigenvalue weighted by molar-refractivity contribution is 6.30. The zero-order valence-corrected chi connectivity index (χ0v) is 16.3. The molecule has 0 bridgehead atoms. The minimum absolute atomic E-state index is 0.0224. The quantitative estimate of drug-likeness (QED) is 0.622. The minimum atomic E-state index is -0.738. The highest BCUT2D eigenvalue weighted by Crippen LogP contribution is 2.29. The molecule has 1 aliphatic rings. The van der Waals surface area contributed by atoms with Crippen LogP contribution < -0.4 is 5.32 Å². The Bertz CT molecular complexity index is 975. The molecular weight excluding hydrogens is 383 g/mol. The van der Waals surface area contributed by atoms with Gasteiger partial charge in [0.05, 0.1) is 29.3 Å². The zero-order valence-electron chi connectivity index (χ0n) is 15.6. The number of hydrogen-bond acceptors (Lipinski definition) is 5. The average Bonchev–Trinajstić information content (AvgIpc) is 2.88. The van der Waals surface area contributed by atoms with Crippen LogP contribution in [0.3, 0.4) is 0 Å². The van der Waals surface area contributed by atoms with Crippen LogP contribution in [0.15, 0.2) is 30.3 Å². The molecule has 2 heterocycles. The van der Waals surface area contributed by atoms with Gasteiger partial charge in [-0.2, -0.15) is 5.26 Å². The van der Waals surface area contributed by atoms with Crippen LogP contribution in [0.5, 0.6) is 0 Å². The molecule has 1 aromatic heterocycles. The lowest BCUT2D eigenvalue weighted by atomic mass is 9.86. The lowest BCUT2D eigenvalue weighted by molar-refractivity contribution is 0.0629. The summed E-state index contributed by atoms with van der Waals surface area (Å²) < 4.78 is 14.4. The zero-order chi connectivity index (χ0) is 20.6. The van der Waals surface area contributed by atoms with Gasteiger partial charge < -0.3 is 5.32 Å². The van der Waals surface area contributed by atoms with Crippen molar-refractivity contribution in [1.29, 1.82) is 5.26 Å². The van der Waals surface area contributed by atoms with Gasteiger partial charge >= 0.3 is 0 Å². The SMILES string of the molecule is CC(C)(C)C(CN1C(=O)c2ccccc2C1=O)Nc1nc(Cl)c(C#N)cc1F. The van der Waals surface area contributed by atoms with E-state index in [0.717, 1.165) is 11.0 Å². The molecule has 2 amide bonds. The third-order valence-electron chi connectivity index (χ3n) is 4.65. The van der Waals surface area contributed by atoms with Gasteiger partial charge in [0.1, 0.15) is 11.2 Å². The van der Waals surface area contributed by atoms with Crippen molar-refractivity contribution >= 4 is 29.2 Å². The largest absolute Gasteiger partial charge is 0.363 e. The third kappa shape index (κ3) is 3.56. The van der Waals surface area contributed by atoms with Gasteiger partial charge in [-0.3, -0.25) is 14.5 Å². The van der Waals surface area contributed by atoms with Crippen LogP contribution in [0.4, 0.5) is 10.2 Å². The van der Waals surface area contributed by atoms with Gasteiger partial charge in [0.2, 0.25) is 0 Å². The van der Waals surface area contributed by atoms with Crippen molar-refractivity contribution in [2.75, 3.05) is 11.9 Å². The molecule has 8 heteroatoms. The van der Waals surface area contributed by atoms with Gasteiger partial charge in [0.15, 0.2) is 11.6 Å². The summed E-state index contributed by atoms with van der Waals surface area (Å²) in [5, 5.41) is 11.8. The molecule has 28 heavy (non-hydrogen) atoms. The maximum atomic E-state index is 14.4. The summed E-state index contributed by atoms with van der Waals surface area (Å²) in [6.45, 7) is 5.71. The smallest absolute Gasteiger partial charge is 0.261 e. The molecule has 1 N–H and O–H groups in total. The first kappa shape index (κ1) is 19.8. The molecular formula is C20H18ClFN4O2. The predicted octanol–water partition coefficient (Wildman–Crippen LogP) is 3.87. The molecule has 1 atom stereocenters. The van der Waals surface area contributed by atoms with Crippen molar-refractivity contribution in [2.24, 2.45) is 5.41 Å². The van der Waals surface area contributed by atoms with E-state index in [9.17, 15) is 14.0 Å². The van der Waals surface area contributed by atoms with Crippen molar-refractivity contribution in [3.63, 3.8) is 0 Å². The number of benzene rings is 1. The summed E-state index contributed by atoms with van der Waals surface area (Å²) in [6.07, 6.45) is 0. The fraction of sp³-hybridized carbons (Fsp3) is 0.300. The molecule has 0 fully saturated rings. The first-order valence-electron chi connectivity index (χ1n) is 8.61. The van der Waals surface area contributed by atoms with Crippen molar-refractivity contribution in [3.8, 4) is 6.07 Å². The monoisotopic (exact) mass is 400 g/mol. The lowest BCUT2D eigenvalue weighted by Crippen LogP contribution is -2.46. The fourth-order valence-electron chi connectivity index (χ4n) is 2.93. The molecule has 0 radical (unpaired) electrons. The number of nitrogens with one attached hydrogen (secondary N) is 1. The van der Waals surface area contributed by atoms with E-state index in [0.29, 0.717) is 11.1 Å². The topological polar surface area (TPSA) is 86.1 Å². The summed E-state index contributed by atoms with van der Waals surface area (Å²) in [5.74, 6) is -1.65. The second kappa shape index (κ2) is 7.21. The average molecular weight is 401 g/mol. The maximum Gasteiger partial charge on any atom is 0.261 e. The number of pyridine rings is 1. The predicted molar refractivity (Wildman–Crippen MR) is 103 cm³/mol. The van der Waals surface area contributed by atoms with E-state index in [4.69, 9.17) is 16.9 Å². The van der Waals surface area contributed by atoms with E-state index in [1.54, 1.807) is 30.3 Å². The number of amides is 2. The van der Waals surface area contributed by atoms with Crippen LogP contribution >= 0.6 is 11.6 Å². The highest BCUT2D eigenvalue weighted by Gasteiger charge is 2.39. The fourth-order valence-corrected chi connectivity index (χ4v) is 3.12. The Hall–Kier alpha value is -2.98. The Kier molecular flexibility index (Phi) is 5.09. The number of carbonyl (C=O) groups is 2. The van der Waals surface area contributed by atoms with E-state index in [1.807, 2.05) is 20.8 Å². The Morgan fingerprint density at radius 1 is 1.25 bits per heavy atom. The Morgan fingerprint density at radius 3 is 2.32 bits per heavy atom. The van der Waals surface area contributed by atoms with Crippen LogP contribution in [0.25, 0.3) is 0 Å². The number of aromatic nitrogens is 1. The van der Waals surface area contributed by atoms with Crippen LogP contribution in [0, 0.1) is 22.6 Å². The number of hydrogen-bond donors (Lipinski definition) is 1. The molecule has 3 rings (SSSR count). The molecule has 0 aliphatic carbocycles. The summed E-state index contributed by atoms with van der Waals surface area (Å²) in [4.78, 5) is 30.4. The standard InChI is InChI=1S/C20H18ClFN4O2/c1-20(2,3)15(24-17-14(22)8-11(9-23)16(21)25-17)10-26-18(27)12-6-4-5-7-13(12)19(26)28/h4-8,15H,10H2,1-3H3,(H,24,25). The summed E-state index contributed by atoms with van der Waals surface area (Å²) in [7, 11) is 0. The first-order valence-corrected chi connectivity index (χ1v) is 8.99. The Balaban J connectivity index is 1.90. The van der Waals surface area contributed by atoms with Crippen LogP contribution in [-0.2, 0) is 0 Å². The maximum absolute atomic E-state index is 14.4. The van der Waals surface area contributed by atoms with E-state index < -0.39 is 17.3 Å². The molecule has 0 saturated carbocycles. The van der Waals surface area contributed by atoms with Crippen molar-refractivity contribution < 1.29 is 14.0 Å². The third-order valence-corrected chi connectivity index (χ3v) is 4.94. The number of fused-ring (bicyclic) bond motifs is 1. The van der Waals surface area contributed by atoms with Gasteiger partial charge in [-0.05, 0) is 23.6 Å². The molecule has 144 valence electrons. The molecule has 6 nitrogen and oxygen atoms in total. The summed E-state index contributed by atoms with van der Waals surface area (Å²) >= 11 is 5.92. The number of nitriles is 1. The van der Waals surface area contributed by atoms with Crippen LogP contribution in [-0.4, -0.2) is 34.3 Å². The lowest BCUT2D eigenvalue weighted by Gasteiger charge is -2.34. The number of imide groups is 1. The molecule has 0 spiro atoms. The second-order valence-electron chi connectivity index (χ2n) is 7.60. The van der Waals surface area contributed by atoms with E-state index in [2.05, 4.69) is 10.3 Å². The van der Waals surface area contributed by atoms with E-state index in [-0.39, 0.29) is 34.9 Å². The van der Waals surface area contributed by atoms with Gasteiger partial charge in [-0.1, -0.05) is 44.5 Å². The second-order valence-corrected chi connectivity index (χ2v) is 7.96. The minimum Gasteiger partial charge on any atom is -0.363 e. The number of halogens is 2. The molecule has 1 aliphatic heterocycles. The summed E-state index contributed by atoms with van der Waals surface area (Å²) in [5.41, 5.74) is 0.179. The normalized spacial score (nSPS) is 14.6. The van der Waals surface area contributed by atoms with Crippen molar-refractivity contribution in [3.05, 3.63) is 58.0 Å². The molecule has 0 saturated heterocycles. The van der Waals surface area contributed by atoms with E-state index >= 15 is 0 Å². The Morgan fingerprint density at radius 2 is 1.82 bits per heavy atom. The van der Waals surface area contributed by atoms with Gasteiger partial charge in [0.25, 0.3) is 11.8 Å². The molecule has 1 aromatic carbocycles.